The Hall–Kier alpha value is -2.80. The number of anilines is 1. The first-order valence-corrected chi connectivity index (χ1v) is 7.80. The highest BCUT2D eigenvalue weighted by molar-refractivity contribution is 7.15. The van der Waals surface area contributed by atoms with Crippen molar-refractivity contribution in [2.24, 2.45) is 0 Å². The summed E-state index contributed by atoms with van der Waals surface area (Å²) < 4.78 is 12.5. The predicted octanol–water partition coefficient (Wildman–Crippen LogP) is 2.91. The first kappa shape index (κ1) is 13.8. The topological polar surface area (TPSA) is 64.9 Å². The molecular weight excluding hydrogens is 314 g/mol. The molecule has 0 bridgehead atoms. The number of rotatable bonds is 3. The number of hydrogen-bond acceptors (Lipinski definition) is 5. The molecule has 1 aliphatic rings. The van der Waals surface area contributed by atoms with Crippen LogP contribution in [0.15, 0.2) is 29.8 Å². The number of amides is 1. The average Bonchev–Trinajstić information content (AvgIpc) is 3.22. The summed E-state index contributed by atoms with van der Waals surface area (Å²) in [6.07, 6.45) is 3.70. The molecule has 23 heavy (non-hydrogen) atoms. The number of nitrogens with zero attached hydrogens (tertiary/aromatic N) is 2. The van der Waals surface area contributed by atoms with Crippen molar-refractivity contribution < 1.29 is 14.3 Å². The number of nitrogens with one attached hydrogen (secondary N) is 1. The van der Waals surface area contributed by atoms with Crippen LogP contribution in [0.1, 0.15) is 11.3 Å². The van der Waals surface area contributed by atoms with Gasteiger partial charge in [-0.15, -0.1) is 11.3 Å². The number of benzene rings is 1. The molecule has 3 aromatic rings. The van der Waals surface area contributed by atoms with Gasteiger partial charge in [0.25, 0.3) is 5.91 Å². The molecule has 116 valence electrons. The Morgan fingerprint density at radius 3 is 2.96 bits per heavy atom. The third kappa shape index (κ3) is 2.08. The van der Waals surface area contributed by atoms with Crippen LogP contribution in [0, 0.1) is 0 Å². The minimum Gasteiger partial charge on any atom is -0.497 e. The zero-order chi connectivity index (χ0) is 16.0. The minimum atomic E-state index is -0.152. The summed E-state index contributed by atoms with van der Waals surface area (Å²) in [5, 5.41) is 4.80. The molecular formula is C16H13N3O3S. The maximum absolute atomic E-state index is 12.3. The van der Waals surface area contributed by atoms with E-state index in [0.717, 1.165) is 21.9 Å². The first-order chi connectivity index (χ1) is 11.2. The summed E-state index contributed by atoms with van der Waals surface area (Å²) in [6, 6.07) is 5.50. The molecule has 0 aliphatic carbocycles. The highest BCUT2D eigenvalue weighted by Gasteiger charge is 2.26. The van der Waals surface area contributed by atoms with E-state index >= 15 is 0 Å². The van der Waals surface area contributed by atoms with Crippen molar-refractivity contribution >= 4 is 39.5 Å². The number of hydrogen-bond donors (Lipinski definition) is 1. The Labute approximate surface area is 136 Å². The maximum atomic E-state index is 12.3. The smallest absolute Gasteiger partial charge is 0.256 e. The summed E-state index contributed by atoms with van der Waals surface area (Å²) >= 11 is 1.51. The molecule has 1 aliphatic heterocycles. The van der Waals surface area contributed by atoms with Gasteiger partial charge in [0.05, 0.1) is 19.8 Å². The Morgan fingerprint density at radius 1 is 1.30 bits per heavy atom. The summed E-state index contributed by atoms with van der Waals surface area (Å²) in [4.78, 5) is 17.6. The van der Waals surface area contributed by atoms with E-state index in [1.54, 1.807) is 20.3 Å². The van der Waals surface area contributed by atoms with E-state index in [0.29, 0.717) is 17.2 Å². The van der Waals surface area contributed by atoms with Crippen molar-refractivity contribution in [3.8, 4) is 11.6 Å². The van der Waals surface area contributed by atoms with Crippen molar-refractivity contribution in [2.75, 3.05) is 19.5 Å². The fourth-order valence-electron chi connectivity index (χ4n) is 2.64. The molecule has 4 rings (SSSR count). The quantitative estimate of drug-likeness (QED) is 0.751. The van der Waals surface area contributed by atoms with E-state index < -0.39 is 0 Å². The summed E-state index contributed by atoms with van der Waals surface area (Å²) in [7, 11) is 3.17. The lowest BCUT2D eigenvalue weighted by Gasteiger charge is -2.03. The van der Waals surface area contributed by atoms with Crippen LogP contribution in [0.2, 0.25) is 0 Å². The zero-order valence-electron chi connectivity index (χ0n) is 12.5. The van der Waals surface area contributed by atoms with Crippen LogP contribution < -0.4 is 14.8 Å². The third-order valence-electron chi connectivity index (χ3n) is 3.75. The molecule has 1 aromatic carbocycles. The zero-order valence-corrected chi connectivity index (χ0v) is 13.3. The molecule has 0 radical (unpaired) electrons. The van der Waals surface area contributed by atoms with Crippen LogP contribution in [0.5, 0.6) is 11.6 Å². The minimum absolute atomic E-state index is 0.152. The first-order valence-electron chi connectivity index (χ1n) is 6.92. The number of thiazole rings is 1. The number of carbonyl (C=O) groups is 1. The van der Waals surface area contributed by atoms with Gasteiger partial charge in [-0.25, -0.2) is 0 Å². The molecule has 1 amide bonds. The van der Waals surface area contributed by atoms with Gasteiger partial charge >= 0.3 is 0 Å². The molecule has 0 unspecified atom stereocenters. The highest BCUT2D eigenvalue weighted by atomic mass is 32.1. The van der Waals surface area contributed by atoms with Crippen LogP contribution in [-0.2, 0) is 4.79 Å². The second-order valence-corrected chi connectivity index (χ2v) is 5.86. The number of fused-ring (bicyclic) bond motifs is 2. The van der Waals surface area contributed by atoms with Gasteiger partial charge in [-0.3, -0.25) is 9.20 Å². The van der Waals surface area contributed by atoms with Crippen molar-refractivity contribution in [1.82, 2.24) is 9.38 Å². The third-order valence-corrected chi connectivity index (χ3v) is 4.51. The van der Waals surface area contributed by atoms with Gasteiger partial charge in [-0.1, -0.05) is 0 Å². The van der Waals surface area contributed by atoms with Crippen LogP contribution in [0.3, 0.4) is 0 Å². The molecule has 6 nitrogen and oxygen atoms in total. The van der Waals surface area contributed by atoms with Crippen LogP contribution in [0.4, 0.5) is 5.69 Å². The number of aromatic nitrogens is 2. The number of methoxy groups -OCH3 is 2. The number of carbonyl (C=O) groups excluding carboxylic acids is 1. The predicted molar refractivity (Wildman–Crippen MR) is 89.1 cm³/mol. The molecule has 0 fully saturated rings. The van der Waals surface area contributed by atoms with Gasteiger partial charge < -0.3 is 14.8 Å². The van der Waals surface area contributed by atoms with E-state index in [-0.39, 0.29) is 5.91 Å². The average molecular weight is 327 g/mol. The van der Waals surface area contributed by atoms with Crippen LogP contribution >= 0.6 is 11.3 Å². The second-order valence-electron chi connectivity index (χ2n) is 4.99. The van der Waals surface area contributed by atoms with E-state index in [9.17, 15) is 4.79 Å². The monoisotopic (exact) mass is 327 g/mol. The number of imidazole rings is 1. The molecule has 0 saturated heterocycles. The SMILES string of the molecule is COc1ccc2c(c1)/C(=C\c1c(OC)nc3sccn13)C(=O)N2. The normalized spacial score (nSPS) is 15.0. The van der Waals surface area contributed by atoms with Gasteiger partial charge in [-0.05, 0) is 24.3 Å². The largest absolute Gasteiger partial charge is 0.497 e. The van der Waals surface area contributed by atoms with Crippen molar-refractivity contribution in [1.29, 1.82) is 0 Å². The van der Waals surface area contributed by atoms with E-state index in [1.807, 2.05) is 34.2 Å². The summed E-state index contributed by atoms with van der Waals surface area (Å²) in [5.74, 6) is 1.04. The molecule has 3 heterocycles. The molecule has 7 heteroatoms. The van der Waals surface area contributed by atoms with Gasteiger partial charge in [0.15, 0.2) is 4.96 Å². The fraction of sp³-hybridized carbons (Fsp3) is 0.125. The Kier molecular flexibility index (Phi) is 3.09. The lowest BCUT2D eigenvalue weighted by molar-refractivity contribution is -0.110. The molecule has 1 N–H and O–H groups in total. The molecule has 0 spiro atoms. The van der Waals surface area contributed by atoms with E-state index in [1.165, 1.54) is 11.3 Å². The lowest BCUT2D eigenvalue weighted by Crippen LogP contribution is -2.03. The second kappa shape index (κ2) is 5.13. The fourth-order valence-corrected chi connectivity index (χ4v) is 3.35. The van der Waals surface area contributed by atoms with Gasteiger partial charge in [0.1, 0.15) is 11.4 Å². The van der Waals surface area contributed by atoms with Crippen LogP contribution in [-0.4, -0.2) is 29.5 Å². The Balaban J connectivity index is 1.91. The summed E-state index contributed by atoms with van der Waals surface area (Å²) in [6.45, 7) is 0. The molecule has 0 atom stereocenters. The van der Waals surface area contributed by atoms with Crippen molar-refractivity contribution in [2.45, 2.75) is 0 Å². The lowest BCUT2D eigenvalue weighted by atomic mass is 10.1. The van der Waals surface area contributed by atoms with Crippen LogP contribution in [0.25, 0.3) is 16.6 Å². The van der Waals surface area contributed by atoms with Crippen molar-refractivity contribution in [3.63, 3.8) is 0 Å². The molecule has 0 saturated carbocycles. The molecule has 2 aromatic heterocycles. The maximum Gasteiger partial charge on any atom is 0.256 e. The summed E-state index contributed by atoms with van der Waals surface area (Å²) in [5.41, 5.74) is 2.88. The van der Waals surface area contributed by atoms with E-state index in [2.05, 4.69) is 10.3 Å². The standard InChI is InChI=1S/C16H13N3O3S/c1-21-9-3-4-12-10(7-9)11(14(20)17-12)8-13-15(22-2)18-16-19(13)5-6-23-16/h3-8H,1-2H3,(H,17,20)/b11-8+. The Bertz CT molecular complexity index is 955. The van der Waals surface area contributed by atoms with Gasteiger partial charge in [-0.2, -0.15) is 4.98 Å². The van der Waals surface area contributed by atoms with Crippen molar-refractivity contribution in [3.05, 3.63) is 41.0 Å². The number of ether oxygens (including phenoxy) is 2. The highest BCUT2D eigenvalue weighted by Crippen LogP contribution is 2.37. The Morgan fingerprint density at radius 2 is 2.17 bits per heavy atom. The van der Waals surface area contributed by atoms with Gasteiger partial charge in [0, 0.05) is 22.8 Å². The van der Waals surface area contributed by atoms with E-state index in [4.69, 9.17) is 9.47 Å². The van der Waals surface area contributed by atoms with Gasteiger partial charge in [0.2, 0.25) is 5.88 Å².